The van der Waals surface area contributed by atoms with Crippen LogP contribution in [0.25, 0.3) is 0 Å². The molecule has 7 heteroatoms. The maximum atomic E-state index is 12.8. The minimum atomic E-state index is -0.952. The van der Waals surface area contributed by atoms with Gasteiger partial charge in [0.25, 0.3) is 5.91 Å². The zero-order chi connectivity index (χ0) is 16.8. The van der Waals surface area contributed by atoms with Crippen LogP contribution in [0.3, 0.4) is 0 Å². The number of nitrogens with one attached hydrogen (secondary N) is 2. The van der Waals surface area contributed by atoms with E-state index in [1.807, 2.05) is 0 Å². The molecule has 23 heavy (non-hydrogen) atoms. The Balaban J connectivity index is 1.76. The van der Waals surface area contributed by atoms with Gasteiger partial charge >= 0.3 is 0 Å². The summed E-state index contributed by atoms with van der Waals surface area (Å²) < 4.78 is 17.8. The number of aliphatic hydroxyl groups is 1. The molecule has 0 aliphatic carbocycles. The van der Waals surface area contributed by atoms with Gasteiger partial charge in [-0.1, -0.05) is 12.1 Å². The molecule has 0 aliphatic heterocycles. The fourth-order valence-electron chi connectivity index (χ4n) is 1.95. The Hall–Kier alpha value is -2.67. The number of halogens is 1. The summed E-state index contributed by atoms with van der Waals surface area (Å²) in [5.74, 6) is -0.789. The number of hydrogen-bond donors (Lipinski definition) is 3. The summed E-state index contributed by atoms with van der Waals surface area (Å²) in [5, 5.41) is 14.8. The van der Waals surface area contributed by atoms with Crippen LogP contribution in [0, 0.1) is 12.7 Å². The van der Waals surface area contributed by atoms with Gasteiger partial charge in [-0.3, -0.25) is 9.59 Å². The molecular formula is C16H17FN2O4. The van der Waals surface area contributed by atoms with Gasteiger partial charge in [-0.2, -0.15) is 0 Å². The molecule has 122 valence electrons. The summed E-state index contributed by atoms with van der Waals surface area (Å²) in [7, 11) is 0. The second-order valence-corrected chi connectivity index (χ2v) is 4.94. The first-order valence-corrected chi connectivity index (χ1v) is 7.00. The van der Waals surface area contributed by atoms with Crippen molar-refractivity contribution < 1.29 is 23.5 Å². The van der Waals surface area contributed by atoms with Crippen molar-refractivity contribution in [3.8, 4) is 0 Å². The Morgan fingerprint density at radius 3 is 2.52 bits per heavy atom. The van der Waals surface area contributed by atoms with Crippen LogP contribution in [-0.2, 0) is 4.79 Å². The predicted octanol–water partition coefficient (Wildman–Crippen LogP) is 1.31. The SMILES string of the molecule is Cc1occc1C(=O)NCC(=O)NCC(O)c1ccc(F)cc1. The van der Waals surface area contributed by atoms with Crippen molar-refractivity contribution in [1.82, 2.24) is 10.6 Å². The molecule has 0 radical (unpaired) electrons. The first-order chi connectivity index (χ1) is 11.0. The van der Waals surface area contributed by atoms with E-state index in [9.17, 15) is 19.1 Å². The molecule has 1 atom stereocenters. The number of furan rings is 1. The number of aryl methyl sites for hydroxylation is 1. The monoisotopic (exact) mass is 320 g/mol. The number of rotatable bonds is 6. The van der Waals surface area contributed by atoms with Crippen LogP contribution in [0.2, 0.25) is 0 Å². The molecular weight excluding hydrogens is 303 g/mol. The minimum Gasteiger partial charge on any atom is -0.469 e. The van der Waals surface area contributed by atoms with Gasteiger partial charge in [0.05, 0.1) is 24.5 Å². The molecule has 0 aliphatic rings. The summed E-state index contributed by atoms with van der Waals surface area (Å²) >= 11 is 0. The number of hydrogen-bond acceptors (Lipinski definition) is 4. The van der Waals surface area contributed by atoms with Crippen molar-refractivity contribution in [2.75, 3.05) is 13.1 Å². The van der Waals surface area contributed by atoms with Gasteiger partial charge < -0.3 is 20.2 Å². The minimum absolute atomic E-state index is 0.0366. The molecule has 0 saturated carbocycles. The normalized spacial score (nSPS) is 11.8. The lowest BCUT2D eigenvalue weighted by Gasteiger charge is -2.12. The van der Waals surface area contributed by atoms with Crippen LogP contribution >= 0.6 is 0 Å². The standard InChI is InChI=1S/C16H17FN2O4/c1-10-13(6-7-23-10)16(22)19-9-15(21)18-8-14(20)11-2-4-12(17)5-3-11/h2-7,14,20H,8-9H2,1H3,(H,18,21)(H,19,22). The number of carbonyl (C=O) groups is 2. The third kappa shape index (κ3) is 4.65. The smallest absolute Gasteiger partial charge is 0.255 e. The lowest BCUT2D eigenvalue weighted by Crippen LogP contribution is -2.38. The Labute approximate surface area is 132 Å². The van der Waals surface area contributed by atoms with E-state index in [-0.39, 0.29) is 13.1 Å². The van der Waals surface area contributed by atoms with Crippen LogP contribution in [0.4, 0.5) is 4.39 Å². The molecule has 1 aromatic heterocycles. The van der Waals surface area contributed by atoms with E-state index in [1.165, 1.54) is 36.6 Å². The van der Waals surface area contributed by atoms with E-state index in [2.05, 4.69) is 10.6 Å². The van der Waals surface area contributed by atoms with E-state index in [1.54, 1.807) is 6.92 Å². The first-order valence-electron chi connectivity index (χ1n) is 7.00. The van der Waals surface area contributed by atoms with Gasteiger partial charge in [-0.25, -0.2) is 4.39 Å². The summed E-state index contributed by atoms with van der Waals surface area (Å²) in [6, 6.07) is 6.85. The van der Waals surface area contributed by atoms with Crippen LogP contribution in [0.5, 0.6) is 0 Å². The van der Waals surface area contributed by atoms with Crippen molar-refractivity contribution in [1.29, 1.82) is 0 Å². The second kappa shape index (κ2) is 7.55. The summed E-state index contributed by atoms with van der Waals surface area (Å²) in [4.78, 5) is 23.5. The largest absolute Gasteiger partial charge is 0.469 e. The third-order valence-corrected chi connectivity index (χ3v) is 3.26. The maximum Gasteiger partial charge on any atom is 0.255 e. The Kier molecular flexibility index (Phi) is 5.48. The van der Waals surface area contributed by atoms with Gasteiger partial charge in [-0.15, -0.1) is 0 Å². The summed E-state index contributed by atoms with van der Waals surface area (Å²) in [6.07, 6.45) is 0.440. The molecule has 0 spiro atoms. The van der Waals surface area contributed by atoms with E-state index in [4.69, 9.17) is 4.42 Å². The third-order valence-electron chi connectivity index (χ3n) is 3.26. The molecule has 1 heterocycles. The van der Waals surface area contributed by atoms with Crippen LogP contribution in [0.15, 0.2) is 41.0 Å². The fraction of sp³-hybridized carbons (Fsp3) is 0.250. The lowest BCUT2D eigenvalue weighted by atomic mass is 10.1. The Morgan fingerprint density at radius 2 is 1.91 bits per heavy atom. The topological polar surface area (TPSA) is 91.6 Å². The lowest BCUT2D eigenvalue weighted by molar-refractivity contribution is -0.120. The molecule has 2 aromatic rings. The first kappa shape index (κ1) is 16.7. The van der Waals surface area contributed by atoms with Crippen LogP contribution in [-0.4, -0.2) is 30.0 Å². The summed E-state index contributed by atoms with van der Waals surface area (Å²) in [6.45, 7) is 1.39. The van der Waals surface area contributed by atoms with Crippen LogP contribution in [0.1, 0.15) is 27.8 Å². The molecule has 2 rings (SSSR count). The van der Waals surface area contributed by atoms with Gasteiger partial charge in [0.15, 0.2) is 0 Å². The summed E-state index contributed by atoms with van der Waals surface area (Å²) in [5.41, 5.74) is 0.855. The van der Waals surface area contributed by atoms with Crippen molar-refractivity contribution in [3.63, 3.8) is 0 Å². The second-order valence-electron chi connectivity index (χ2n) is 4.94. The van der Waals surface area contributed by atoms with Gasteiger partial charge in [0, 0.05) is 6.54 Å². The number of benzene rings is 1. The number of carbonyl (C=O) groups excluding carboxylic acids is 2. The highest BCUT2D eigenvalue weighted by Crippen LogP contribution is 2.12. The maximum absolute atomic E-state index is 12.8. The number of aliphatic hydroxyl groups excluding tert-OH is 1. The Morgan fingerprint density at radius 1 is 1.22 bits per heavy atom. The van der Waals surface area contributed by atoms with Crippen molar-refractivity contribution in [2.45, 2.75) is 13.0 Å². The van der Waals surface area contributed by atoms with Crippen molar-refractivity contribution in [2.24, 2.45) is 0 Å². The molecule has 2 amide bonds. The highest BCUT2D eigenvalue weighted by atomic mass is 19.1. The average molecular weight is 320 g/mol. The van der Waals surface area contributed by atoms with Gasteiger partial charge in [0.1, 0.15) is 11.6 Å². The number of amides is 2. The molecule has 6 nitrogen and oxygen atoms in total. The van der Waals surface area contributed by atoms with E-state index >= 15 is 0 Å². The highest BCUT2D eigenvalue weighted by molar-refractivity contribution is 5.97. The van der Waals surface area contributed by atoms with Gasteiger partial charge in [0.2, 0.25) is 5.91 Å². The van der Waals surface area contributed by atoms with Gasteiger partial charge in [-0.05, 0) is 30.7 Å². The van der Waals surface area contributed by atoms with E-state index in [0.717, 1.165) is 0 Å². The van der Waals surface area contributed by atoms with Crippen molar-refractivity contribution >= 4 is 11.8 Å². The quantitative estimate of drug-likeness (QED) is 0.748. The average Bonchev–Trinajstić information content (AvgIpc) is 2.97. The molecule has 0 bridgehead atoms. The molecule has 3 N–H and O–H groups in total. The molecule has 0 fully saturated rings. The molecule has 0 saturated heterocycles. The van der Waals surface area contributed by atoms with E-state index < -0.39 is 23.7 Å². The molecule has 1 aromatic carbocycles. The predicted molar refractivity (Wildman–Crippen MR) is 80.1 cm³/mol. The zero-order valence-corrected chi connectivity index (χ0v) is 12.5. The zero-order valence-electron chi connectivity index (χ0n) is 12.5. The van der Waals surface area contributed by atoms with Crippen molar-refractivity contribution in [3.05, 3.63) is 59.3 Å². The Bertz CT molecular complexity index is 682. The van der Waals surface area contributed by atoms with Crippen LogP contribution < -0.4 is 10.6 Å². The van der Waals surface area contributed by atoms with E-state index in [0.29, 0.717) is 16.9 Å². The molecule has 1 unspecified atom stereocenters. The fourth-order valence-corrected chi connectivity index (χ4v) is 1.95. The highest BCUT2D eigenvalue weighted by Gasteiger charge is 2.13.